The summed E-state index contributed by atoms with van der Waals surface area (Å²) in [6.45, 7) is 0. The largest absolute Gasteiger partial charge is 0.400 e. The average molecular weight is 361 g/mol. The van der Waals surface area contributed by atoms with Crippen molar-refractivity contribution in [3.8, 4) is 0 Å². The van der Waals surface area contributed by atoms with E-state index in [2.05, 4.69) is 0 Å². The Kier molecular flexibility index (Phi) is 10.3. The zero-order valence-corrected chi connectivity index (χ0v) is 12.7. The lowest BCUT2D eigenvalue weighted by atomic mass is 10.1. The predicted molar refractivity (Wildman–Crippen MR) is 69.4 cm³/mol. The Bertz CT molecular complexity index is 399. The first-order chi connectivity index (χ1) is 9.38. The minimum atomic E-state index is -5.79. The summed E-state index contributed by atoms with van der Waals surface area (Å²) in [5, 5.41) is -4.83. The third-order valence-corrected chi connectivity index (χ3v) is 3.82. The zero-order valence-electron chi connectivity index (χ0n) is 11.9. The quantitative estimate of drug-likeness (QED) is 0.337. The molecule has 0 aromatic heterocycles. The molecule has 0 aromatic rings. The summed E-state index contributed by atoms with van der Waals surface area (Å²) in [5.74, 6) is 0. The Balaban J connectivity index is 0. The van der Waals surface area contributed by atoms with Crippen molar-refractivity contribution in [2.45, 2.75) is 69.0 Å². The smallest absolute Gasteiger partial charge is 0.344 e. The molecule has 4 nitrogen and oxygen atoms in total. The zero-order chi connectivity index (χ0) is 16.7. The van der Waals surface area contributed by atoms with E-state index in [-0.39, 0.29) is 19.0 Å². The first-order valence-electron chi connectivity index (χ1n) is 6.43. The average Bonchev–Trinajstić information content (AvgIpc) is 2.29. The van der Waals surface area contributed by atoms with Gasteiger partial charge < -0.3 is 6.15 Å². The van der Waals surface area contributed by atoms with Crippen LogP contribution in [0.5, 0.6) is 0 Å². The molecule has 0 fully saturated rings. The van der Waals surface area contributed by atoms with Gasteiger partial charge in [0, 0.05) is 6.42 Å². The van der Waals surface area contributed by atoms with Gasteiger partial charge in [0.05, 0.1) is 0 Å². The molecule has 0 saturated heterocycles. The van der Waals surface area contributed by atoms with E-state index in [1.54, 1.807) is 0 Å². The summed E-state index contributed by atoms with van der Waals surface area (Å²) >= 11 is 0. The highest BCUT2D eigenvalue weighted by Gasteiger charge is 2.52. The van der Waals surface area contributed by atoms with Crippen LogP contribution in [0.1, 0.15) is 51.4 Å². The second kappa shape index (κ2) is 9.56. The molecule has 0 bridgehead atoms. The summed E-state index contributed by atoms with van der Waals surface area (Å²) in [4.78, 5) is 0. The third-order valence-electron chi connectivity index (χ3n) is 2.88. The van der Waals surface area contributed by atoms with Gasteiger partial charge in [-0.25, -0.2) is 4.39 Å². The van der Waals surface area contributed by atoms with Crippen LogP contribution >= 0.6 is 0 Å². The summed E-state index contributed by atoms with van der Waals surface area (Å²) in [6.07, 6.45) is -7.32. The molecule has 0 heterocycles. The van der Waals surface area contributed by atoms with Crippen LogP contribution in [0.4, 0.5) is 26.3 Å². The SMILES string of the molecule is N.O=S(=O)(O)C(F)(F)C(F)CCCCCCCCC(F)(F)F. The van der Waals surface area contributed by atoms with Gasteiger partial charge in [-0.15, -0.1) is 0 Å². The molecule has 0 aliphatic rings. The molecule has 1 unspecified atom stereocenters. The van der Waals surface area contributed by atoms with Crippen molar-refractivity contribution in [1.29, 1.82) is 0 Å². The lowest BCUT2D eigenvalue weighted by Gasteiger charge is -2.17. The van der Waals surface area contributed by atoms with Crippen molar-refractivity contribution in [2.24, 2.45) is 0 Å². The fraction of sp³-hybridized carbons (Fsp3) is 1.00. The van der Waals surface area contributed by atoms with Gasteiger partial charge in [-0.3, -0.25) is 4.55 Å². The van der Waals surface area contributed by atoms with Gasteiger partial charge in [-0.1, -0.05) is 32.1 Å². The molecule has 0 aromatic carbocycles. The predicted octanol–water partition coefficient (Wildman–Crippen LogP) is 4.65. The van der Waals surface area contributed by atoms with E-state index in [0.29, 0.717) is 25.7 Å². The monoisotopic (exact) mass is 361 g/mol. The number of hydrogen-bond acceptors (Lipinski definition) is 3. The van der Waals surface area contributed by atoms with Crippen LogP contribution in [0.25, 0.3) is 0 Å². The Morgan fingerprint density at radius 1 is 0.864 bits per heavy atom. The van der Waals surface area contributed by atoms with E-state index in [4.69, 9.17) is 4.55 Å². The number of halogens is 6. The van der Waals surface area contributed by atoms with E-state index < -0.39 is 40.6 Å². The van der Waals surface area contributed by atoms with Crippen LogP contribution in [0.3, 0.4) is 0 Å². The Morgan fingerprint density at radius 3 is 1.68 bits per heavy atom. The highest BCUT2D eigenvalue weighted by Crippen LogP contribution is 2.30. The second-order valence-corrected chi connectivity index (χ2v) is 6.27. The fourth-order valence-corrected chi connectivity index (χ4v) is 2.13. The van der Waals surface area contributed by atoms with Crippen LogP contribution in [0.2, 0.25) is 0 Å². The van der Waals surface area contributed by atoms with Crippen LogP contribution in [0, 0.1) is 0 Å². The van der Waals surface area contributed by atoms with Crippen molar-refractivity contribution in [1.82, 2.24) is 6.15 Å². The molecule has 0 radical (unpaired) electrons. The highest BCUT2D eigenvalue weighted by molar-refractivity contribution is 7.86. The van der Waals surface area contributed by atoms with E-state index >= 15 is 0 Å². The van der Waals surface area contributed by atoms with Crippen molar-refractivity contribution >= 4 is 10.1 Å². The summed E-state index contributed by atoms with van der Waals surface area (Å²) < 4.78 is 103. The number of alkyl halides is 6. The molecule has 0 spiro atoms. The Labute approximate surface area is 125 Å². The molecular weight excluding hydrogens is 340 g/mol. The Morgan fingerprint density at radius 2 is 1.27 bits per heavy atom. The molecule has 1 atom stereocenters. The maximum Gasteiger partial charge on any atom is 0.400 e. The van der Waals surface area contributed by atoms with E-state index in [1.807, 2.05) is 0 Å². The molecule has 11 heteroatoms. The van der Waals surface area contributed by atoms with Gasteiger partial charge >= 0.3 is 21.5 Å². The van der Waals surface area contributed by atoms with Crippen LogP contribution < -0.4 is 6.15 Å². The number of hydrogen-bond donors (Lipinski definition) is 2. The second-order valence-electron chi connectivity index (χ2n) is 4.78. The minimum absolute atomic E-state index is 0. The first kappa shape index (κ1) is 23.7. The van der Waals surface area contributed by atoms with Crippen LogP contribution in [0.15, 0.2) is 0 Å². The normalized spacial score (nSPS) is 14.5. The number of unbranched alkanes of at least 4 members (excludes halogenated alkanes) is 5. The summed E-state index contributed by atoms with van der Waals surface area (Å²) in [6, 6.07) is 0. The van der Waals surface area contributed by atoms with Crippen molar-refractivity contribution in [3.05, 3.63) is 0 Å². The van der Waals surface area contributed by atoms with E-state index in [0.717, 1.165) is 0 Å². The first-order valence-corrected chi connectivity index (χ1v) is 7.87. The molecular formula is C11H21F6NO3S. The molecule has 136 valence electrons. The number of rotatable bonds is 10. The van der Waals surface area contributed by atoms with Gasteiger partial charge in [0.25, 0.3) is 0 Å². The van der Waals surface area contributed by atoms with Gasteiger partial charge in [0.15, 0.2) is 6.17 Å². The van der Waals surface area contributed by atoms with Gasteiger partial charge in [0.1, 0.15) is 0 Å². The summed E-state index contributed by atoms with van der Waals surface area (Å²) in [7, 11) is -5.79. The Hall–Kier alpha value is -0.550. The van der Waals surface area contributed by atoms with Crippen LogP contribution in [-0.2, 0) is 10.1 Å². The maximum absolute atomic E-state index is 13.0. The van der Waals surface area contributed by atoms with Gasteiger partial charge in [-0.05, 0) is 12.8 Å². The molecule has 22 heavy (non-hydrogen) atoms. The molecule has 0 saturated carbocycles. The minimum Gasteiger partial charge on any atom is -0.344 e. The topological polar surface area (TPSA) is 89.4 Å². The van der Waals surface area contributed by atoms with Gasteiger partial charge in [-0.2, -0.15) is 30.4 Å². The molecule has 0 aliphatic carbocycles. The summed E-state index contributed by atoms with van der Waals surface area (Å²) in [5.41, 5.74) is 0. The van der Waals surface area contributed by atoms with Gasteiger partial charge in [0.2, 0.25) is 0 Å². The molecule has 0 rings (SSSR count). The third kappa shape index (κ3) is 9.46. The molecule has 4 N–H and O–H groups in total. The molecule has 0 aliphatic heterocycles. The van der Waals surface area contributed by atoms with Crippen molar-refractivity contribution in [3.63, 3.8) is 0 Å². The van der Waals surface area contributed by atoms with E-state index in [1.165, 1.54) is 0 Å². The fourth-order valence-electron chi connectivity index (χ4n) is 1.69. The van der Waals surface area contributed by atoms with Crippen LogP contribution in [-0.4, -0.2) is 30.6 Å². The standard InChI is InChI=1S/C11H18F6O3S.H3N/c12-9(11(16,17)21(18,19)20)7-5-3-1-2-4-6-8-10(13,14)15;/h9H,1-8H2,(H,18,19,20);1H3. The lowest BCUT2D eigenvalue weighted by Crippen LogP contribution is -2.38. The van der Waals surface area contributed by atoms with Crippen molar-refractivity contribution < 1.29 is 39.3 Å². The maximum atomic E-state index is 13.0. The molecule has 0 amide bonds. The lowest BCUT2D eigenvalue weighted by molar-refractivity contribution is -0.135. The highest BCUT2D eigenvalue weighted by atomic mass is 32.2. The van der Waals surface area contributed by atoms with E-state index in [9.17, 15) is 34.8 Å². The van der Waals surface area contributed by atoms with Crippen molar-refractivity contribution in [2.75, 3.05) is 0 Å².